The first-order valence-electron chi connectivity index (χ1n) is 4.72. The fourth-order valence-electron chi connectivity index (χ4n) is 1.38. The zero-order valence-electron chi connectivity index (χ0n) is 8.63. The van der Waals surface area contributed by atoms with Crippen molar-refractivity contribution in [1.82, 2.24) is 4.98 Å². The lowest BCUT2D eigenvalue weighted by molar-refractivity contribution is -0.605. The molecule has 0 atom stereocenters. The highest BCUT2D eigenvalue weighted by molar-refractivity contribution is 6.32. The summed E-state index contributed by atoms with van der Waals surface area (Å²) in [5, 5.41) is 11.0. The Labute approximate surface area is 102 Å². The second kappa shape index (κ2) is 4.39. The van der Waals surface area contributed by atoms with Crippen LogP contribution < -0.4 is 10.5 Å². The average molecular weight is 250 g/mol. The van der Waals surface area contributed by atoms with E-state index in [9.17, 15) is 10.0 Å². The maximum absolute atomic E-state index is 11.1. The first-order chi connectivity index (χ1) is 8.08. The summed E-state index contributed by atoms with van der Waals surface area (Å²) in [6, 6.07) is 4.77. The number of carbonyl (C=O) groups is 1. The van der Waals surface area contributed by atoms with Crippen LogP contribution in [0.3, 0.4) is 0 Å². The molecule has 0 aromatic carbocycles. The molecular formula is C11H8ClN3O2. The number of nitrogens with zero attached hydrogens (tertiary/aromatic N) is 2. The summed E-state index contributed by atoms with van der Waals surface area (Å²) in [6.45, 7) is 0. The Morgan fingerprint density at radius 2 is 2.00 bits per heavy atom. The third-order valence-corrected chi connectivity index (χ3v) is 2.54. The van der Waals surface area contributed by atoms with Crippen LogP contribution in [-0.2, 0) is 0 Å². The molecule has 2 heterocycles. The van der Waals surface area contributed by atoms with Gasteiger partial charge in [-0.05, 0) is 11.6 Å². The van der Waals surface area contributed by atoms with E-state index in [-0.39, 0.29) is 10.7 Å². The van der Waals surface area contributed by atoms with Gasteiger partial charge >= 0.3 is 0 Å². The molecule has 6 heteroatoms. The van der Waals surface area contributed by atoms with Gasteiger partial charge in [0.2, 0.25) is 0 Å². The molecule has 5 nitrogen and oxygen atoms in total. The molecule has 0 aliphatic heterocycles. The molecule has 0 radical (unpaired) electrons. The van der Waals surface area contributed by atoms with E-state index >= 15 is 0 Å². The van der Waals surface area contributed by atoms with Crippen LogP contribution in [0.1, 0.15) is 10.4 Å². The van der Waals surface area contributed by atoms with Gasteiger partial charge in [0, 0.05) is 23.9 Å². The Bertz CT molecular complexity index is 569. The highest BCUT2D eigenvalue weighted by Crippen LogP contribution is 2.21. The fourth-order valence-corrected chi connectivity index (χ4v) is 1.58. The Hall–Kier alpha value is -2.14. The van der Waals surface area contributed by atoms with Crippen molar-refractivity contribution in [1.29, 1.82) is 0 Å². The topological polar surface area (TPSA) is 82.9 Å². The molecule has 0 spiro atoms. The zero-order chi connectivity index (χ0) is 12.4. The SMILES string of the molecule is NC(=O)c1cc(-c2cc[n+]([O-])cc2)cnc1Cl. The molecule has 0 aliphatic carbocycles. The number of aromatic nitrogens is 2. The van der Waals surface area contributed by atoms with Crippen LogP contribution in [0.4, 0.5) is 0 Å². The molecule has 2 rings (SSSR count). The maximum atomic E-state index is 11.1. The number of rotatable bonds is 2. The minimum atomic E-state index is -0.640. The predicted molar refractivity (Wildman–Crippen MR) is 62.2 cm³/mol. The van der Waals surface area contributed by atoms with Crippen LogP contribution in [-0.4, -0.2) is 10.9 Å². The number of hydrogen-bond acceptors (Lipinski definition) is 3. The normalized spacial score (nSPS) is 10.2. The van der Waals surface area contributed by atoms with Gasteiger partial charge in [0.25, 0.3) is 5.91 Å². The van der Waals surface area contributed by atoms with Gasteiger partial charge in [-0.15, -0.1) is 0 Å². The van der Waals surface area contributed by atoms with Crippen molar-refractivity contribution in [3.8, 4) is 11.1 Å². The first kappa shape index (κ1) is 11.3. The zero-order valence-corrected chi connectivity index (χ0v) is 9.39. The summed E-state index contributed by atoms with van der Waals surface area (Å²) in [5.41, 5.74) is 6.75. The van der Waals surface area contributed by atoms with Gasteiger partial charge in [-0.3, -0.25) is 4.79 Å². The highest BCUT2D eigenvalue weighted by Gasteiger charge is 2.10. The van der Waals surface area contributed by atoms with E-state index in [0.717, 1.165) is 5.56 Å². The Kier molecular flexibility index (Phi) is 2.93. The number of primary amides is 1. The molecule has 0 aliphatic rings. The molecule has 0 saturated heterocycles. The molecule has 2 N–H and O–H groups in total. The monoisotopic (exact) mass is 249 g/mol. The van der Waals surface area contributed by atoms with E-state index in [4.69, 9.17) is 17.3 Å². The molecule has 0 unspecified atom stereocenters. The number of hydrogen-bond donors (Lipinski definition) is 1. The van der Waals surface area contributed by atoms with Gasteiger partial charge in [0.1, 0.15) is 5.15 Å². The lowest BCUT2D eigenvalue weighted by atomic mass is 10.1. The van der Waals surface area contributed by atoms with Crippen LogP contribution in [0, 0.1) is 5.21 Å². The van der Waals surface area contributed by atoms with Gasteiger partial charge in [0.15, 0.2) is 12.4 Å². The molecule has 1 amide bonds. The van der Waals surface area contributed by atoms with Crippen molar-refractivity contribution in [2.24, 2.45) is 5.73 Å². The van der Waals surface area contributed by atoms with E-state index in [0.29, 0.717) is 10.3 Å². The van der Waals surface area contributed by atoms with Gasteiger partial charge < -0.3 is 10.9 Å². The smallest absolute Gasteiger partial charge is 0.251 e. The van der Waals surface area contributed by atoms with Gasteiger partial charge in [-0.25, -0.2) is 4.98 Å². The van der Waals surface area contributed by atoms with Crippen molar-refractivity contribution in [3.63, 3.8) is 0 Å². The van der Waals surface area contributed by atoms with Crippen molar-refractivity contribution in [2.45, 2.75) is 0 Å². The average Bonchev–Trinajstić information content (AvgIpc) is 2.30. The first-order valence-corrected chi connectivity index (χ1v) is 5.10. The number of nitrogens with two attached hydrogens (primary N) is 1. The Morgan fingerprint density at radius 3 is 2.59 bits per heavy atom. The number of halogens is 1. The van der Waals surface area contributed by atoms with Crippen molar-refractivity contribution in [2.75, 3.05) is 0 Å². The fraction of sp³-hybridized carbons (Fsp3) is 0. The van der Waals surface area contributed by atoms with Crippen molar-refractivity contribution < 1.29 is 9.52 Å². The summed E-state index contributed by atoms with van der Waals surface area (Å²) in [6.07, 6.45) is 4.22. The van der Waals surface area contributed by atoms with E-state index in [1.54, 1.807) is 18.2 Å². The van der Waals surface area contributed by atoms with Gasteiger partial charge in [-0.2, -0.15) is 4.73 Å². The highest BCUT2D eigenvalue weighted by atomic mass is 35.5. The number of amides is 1. The van der Waals surface area contributed by atoms with Crippen LogP contribution >= 0.6 is 11.6 Å². The molecule has 2 aromatic heterocycles. The van der Waals surface area contributed by atoms with Crippen LogP contribution in [0.15, 0.2) is 36.8 Å². The van der Waals surface area contributed by atoms with Crippen molar-refractivity contribution >= 4 is 17.5 Å². The number of carbonyl (C=O) groups excluding carboxylic acids is 1. The second-order valence-corrected chi connectivity index (χ2v) is 3.73. The lowest BCUT2D eigenvalue weighted by Gasteiger charge is -2.04. The molecule has 0 saturated carbocycles. The molecule has 0 fully saturated rings. The predicted octanol–water partition coefficient (Wildman–Crippen LogP) is 1.13. The third-order valence-electron chi connectivity index (χ3n) is 2.24. The summed E-state index contributed by atoms with van der Waals surface area (Å²) in [4.78, 5) is 15.0. The largest absolute Gasteiger partial charge is 0.619 e. The standard InChI is InChI=1S/C11H8ClN3O2/c12-10-9(11(13)16)5-8(6-14-10)7-1-3-15(17)4-2-7/h1-6H,(H2,13,16). The minimum absolute atomic E-state index is 0.0658. The number of pyridine rings is 2. The molecule has 0 bridgehead atoms. The van der Waals surface area contributed by atoms with Gasteiger partial charge in [0.05, 0.1) is 5.56 Å². The van der Waals surface area contributed by atoms with E-state index in [2.05, 4.69) is 4.98 Å². The summed E-state index contributed by atoms with van der Waals surface area (Å²) in [5.74, 6) is -0.640. The van der Waals surface area contributed by atoms with Crippen LogP contribution in [0.25, 0.3) is 11.1 Å². The van der Waals surface area contributed by atoms with Crippen LogP contribution in [0.5, 0.6) is 0 Å². The van der Waals surface area contributed by atoms with Gasteiger partial charge in [-0.1, -0.05) is 11.6 Å². The Morgan fingerprint density at radius 1 is 1.35 bits per heavy atom. The molecule has 17 heavy (non-hydrogen) atoms. The molecule has 2 aromatic rings. The molecule has 86 valence electrons. The maximum Gasteiger partial charge on any atom is 0.251 e. The minimum Gasteiger partial charge on any atom is -0.619 e. The summed E-state index contributed by atoms with van der Waals surface area (Å²) in [7, 11) is 0. The summed E-state index contributed by atoms with van der Waals surface area (Å²) >= 11 is 5.74. The van der Waals surface area contributed by atoms with Crippen LogP contribution in [0.2, 0.25) is 5.15 Å². The second-order valence-electron chi connectivity index (χ2n) is 3.37. The van der Waals surface area contributed by atoms with Crippen molar-refractivity contribution in [3.05, 3.63) is 52.7 Å². The summed E-state index contributed by atoms with van der Waals surface area (Å²) < 4.78 is 0.668. The Balaban J connectivity index is 2.50. The van der Waals surface area contributed by atoms with E-state index < -0.39 is 5.91 Å². The van der Waals surface area contributed by atoms with E-state index in [1.165, 1.54) is 18.6 Å². The molecular weight excluding hydrogens is 242 g/mol. The van der Waals surface area contributed by atoms with E-state index in [1.807, 2.05) is 0 Å². The lowest BCUT2D eigenvalue weighted by Crippen LogP contribution is -2.23. The quantitative estimate of drug-likeness (QED) is 0.492. The third kappa shape index (κ3) is 2.34.